The summed E-state index contributed by atoms with van der Waals surface area (Å²) in [4.78, 5) is 13.4. The molecule has 0 aromatic heterocycles. The minimum atomic E-state index is -0.268. The smallest absolute Gasteiger partial charge is 0.332 e. The van der Waals surface area contributed by atoms with Crippen molar-refractivity contribution in [1.82, 2.24) is 4.90 Å². The van der Waals surface area contributed by atoms with Crippen molar-refractivity contribution in [1.29, 1.82) is 0 Å². The van der Waals surface area contributed by atoms with Gasteiger partial charge in [-0.2, -0.15) is 0 Å². The highest BCUT2D eigenvalue weighted by Gasteiger charge is 2.21. The van der Waals surface area contributed by atoms with Crippen LogP contribution >= 0.6 is 0 Å². The van der Waals surface area contributed by atoms with Crippen molar-refractivity contribution in [2.24, 2.45) is 0 Å². The molecule has 1 heterocycles. The first-order valence-corrected chi connectivity index (χ1v) is 6.25. The van der Waals surface area contributed by atoms with Crippen LogP contribution in [0.4, 0.5) is 0 Å². The summed E-state index contributed by atoms with van der Waals surface area (Å²) in [5, 5.41) is 0. The topological polar surface area (TPSA) is 38.8 Å². The number of nitrogens with zero attached hydrogens (tertiary/aromatic N) is 1. The molecule has 1 aliphatic heterocycles. The molecule has 16 heavy (non-hydrogen) atoms. The summed E-state index contributed by atoms with van der Waals surface area (Å²) < 4.78 is 10.1. The highest BCUT2D eigenvalue weighted by molar-refractivity contribution is 5.70. The number of carbonyl (C=O) groups is 1. The second kappa shape index (κ2) is 7.63. The summed E-state index contributed by atoms with van der Waals surface area (Å²) in [5.41, 5.74) is 0. The zero-order chi connectivity index (χ0) is 11.8. The van der Waals surface area contributed by atoms with E-state index >= 15 is 0 Å². The lowest BCUT2D eigenvalue weighted by Gasteiger charge is -2.22. The first-order valence-electron chi connectivity index (χ1n) is 6.25. The van der Waals surface area contributed by atoms with Crippen LogP contribution in [0.5, 0.6) is 0 Å². The third-order valence-corrected chi connectivity index (χ3v) is 3.02. The lowest BCUT2D eigenvalue weighted by molar-refractivity contribution is -0.148. The third-order valence-electron chi connectivity index (χ3n) is 3.02. The summed E-state index contributed by atoms with van der Waals surface area (Å²) >= 11 is 0. The van der Waals surface area contributed by atoms with E-state index in [1.165, 1.54) is 25.8 Å². The van der Waals surface area contributed by atoms with E-state index in [0.717, 1.165) is 6.54 Å². The molecule has 0 saturated carbocycles. The van der Waals surface area contributed by atoms with E-state index in [-0.39, 0.29) is 12.6 Å². The Bertz CT molecular complexity index is 208. The third kappa shape index (κ3) is 4.49. The van der Waals surface area contributed by atoms with Crippen molar-refractivity contribution in [2.45, 2.75) is 39.2 Å². The van der Waals surface area contributed by atoms with Gasteiger partial charge in [0.25, 0.3) is 0 Å². The van der Waals surface area contributed by atoms with Crippen LogP contribution in [0.1, 0.15) is 33.1 Å². The van der Waals surface area contributed by atoms with E-state index < -0.39 is 0 Å². The SMILES string of the molecule is CCOC(=O)COCCN1CCCC1CC. The summed E-state index contributed by atoms with van der Waals surface area (Å²) in [5.74, 6) is -0.268. The molecular weight excluding hydrogens is 206 g/mol. The van der Waals surface area contributed by atoms with Gasteiger partial charge >= 0.3 is 5.97 Å². The number of likely N-dealkylation sites (tertiary alicyclic amines) is 1. The Hall–Kier alpha value is -0.610. The molecule has 0 spiro atoms. The quantitative estimate of drug-likeness (QED) is 0.489. The largest absolute Gasteiger partial charge is 0.464 e. The molecule has 0 bridgehead atoms. The van der Waals surface area contributed by atoms with Crippen LogP contribution in [0.3, 0.4) is 0 Å². The molecule has 4 heteroatoms. The highest BCUT2D eigenvalue weighted by atomic mass is 16.6. The minimum Gasteiger partial charge on any atom is -0.464 e. The molecule has 1 rings (SSSR count). The van der Waals surface area contributed by atoms with Crippen LogP contribution in [-0.2, 0) is 14.3 Å². The molecule has 0 aromatic rings. The molecule has 0 amide bonds. The predicted octanol–water partition coefficient (Wildman–Crippen LogP) is 1.44. The fourth-order valence-electron chi connectivity index (χ4n) is 2.19. The Balaban J connectivity index is 2.04. The minimum absolute atomic E-state index is 0.0818. The average Bonchev–Trinajstić information content (AvgIpc) is 2.72. The maximum absolute atomic E-state index is 11.0. The van der Waals surface area contributed by atoms with Gasteiger partial charge in [-0.1, -0.05) is 6.92 Å². The normalized spacial score (nSPS) is 21.2. The number of rotatable bonds is 7. The molecule has 1 saturated heterocycles. The predicted molar refractivity (Wildman–Crippen MR) is 62.3 cm³/mol. The first kappa shape index (κ1) is 13.5. The van der Waals surface area contributed by atoms with Gasteiger partial charge in [0.05, 0.1) is 13.2 Å². The number of hydrogen-bond acceptors (Lipinski definition) is 4. The van der Waals surface area contributed by atoms with Crippen molar-refractivity contribution >= 4 is 5.97 Å². The number of hydrogen-bond donors (Lipinski definition) is 0. The van der Waals surface area contributed by atoms with Crippen molar-refractivity contribution in [2.75, 3.05) is 32.9 Å². The molecule has 0 radical (unpaired) electrons. The zero-order valence-electron chi connectivity index (χ0n) is 10.4. The van der Waals surface area contributed by atoms with Gasteiger partial charge in [0, 0.05) is 12.6 Å². The van der Waals surface area contributed by atoms with E-state index in [1.807, 2.05) is 0 Å². The summed E-state index contributed by atoms with van der Waals surface area (Å²) in [7, 11) is 0. The lowest BCUT2D eigenvalue weighted by atomic mass is 10.2. The fourth-order valence-corrected chi connectivity index (χ4v) is 2.19. The van der Waals surface area contributed by atoms with Gasteiger partial charge in [0.2, 0.25) is 0 Å². The Morgan fingerprint density at radius 1 is 1.44 bits per heavy atom. The summed E-state index contributed by atoms with van der Waals surface area (Å²) in [6.07, 6.45) is 3.79. The van der Waals surface area contributed by atoms with E-state index in [1.54, 1.807) is 6.92 Å². The molecule has 94 valence electrons. The van der Waals surface area contributed by atoms with E-state index in [9.17, 15) is 4.79 Å². The van der Waals surface area contributed by atoms with E-state index in [2.05, 4.69) is 11.8 Å². The van der Waals surface area contributed by atoms with E-state index in [4.69, 9.17) is 9.47 Å². The van der Waals surface area contributed by atoms with Gasteiger partial charge in [-0.05, 0) is 32.7 Å². The second-order valence-electron chi connectivity index (χ2n) is 4.10. The maximum atomic E-state index is 11.0. The standard InChI is InChI=1S/C12H23NO3/c1-3-11-6-5-7-13(11)8-9-15-10-12(14)16-4-2/h11H,3-10H2,1-2H3. The van der Waals surface area contributed by atoms with Crippen molar-refractivity contribution in [3.05, 3.63) is 0 Å². The lowest BCUT2D eigenvalue weighted by Crippen LogP contribution is -2.32. The number of ether oxygens (including phenoxy) is 2. The van der Waals surface area contributed by atoms with Crippen LogP contribution in [-0.4, -0.2) is 49.8 Å². The van der Waals surface area contributed by atoms with Crippen LogP contribution in [0.15, 0.2) is 0 Å². The fraction of sp³-hybridized carbons (Fsp3) is 0.917. The van der Waals surface area contributed by atoms with Gasteiger partial charge in [-0.3, -0.25) is 4.90 Å². The van der Waals surface area contributed by atoms with Crippen LogP contribution < -0.4 is 0 Å². The number of carbonyl (C=O) groups excluding carboxylic acids is 1. The summed E-state index contributed by atoms with van der Waals surface area (Å²) in [6.45, 7) is 7.25. The molecule has 0 aromatic carbocycles. The van der Waals surface area contributed by atoms with Crippen molar-refractivity contribution in [3.8, 4) is 0 Å². The van der Waals surface area contributed by atoms with Crippen LogP contribution in [0, 0.1) is 0 Å². The Morgan fingerprint density at radius 2 is 2.25 bits per heavy atom. The molecule has 1 unspecified atom stereocenters. The second-order valence-corrected chi connectivity index (χ2v) is 4.10. The average molecular weight is 229 g/mol. The molecule has 0 N–H and O–H groups in total. The molecular formula is C12H23NO3. The van der Waals surface area contributed by atoms with Crippen LogP contribution in [0.2, 0.25) is 0 Å². The molecule has 1 aliphatic rings. The zero-order valence-corrected chi connectivity index (χ0v) is 10.4. The van der Waals surface area contributed by atoms with Gasteiger partial charge in [0.15, 0.2) is 0 Å². The molecule has 4 nitrogen and oxygen atoms in total. The molecule has 1 atom stereocenters. The molecule has 0 aliphatic carbocycles. The van der Waals surface area contributed by atoms with Gasteiger partial charge in [-0.25, -0.2) is 4.79 Å². The maximum Gasteiger partial charge on any atom is 0.332 e. The highest BCUT2D eigenvalue weighted by Crippen LogP contribution is 2.18. The Kier molecular flexibility index (Phi) is 6.42. The Labute approximate surface area is 97.9 Å². The van der Waals surface area contributed by atoms with Gasteiger partial charge in [0.1, 0.15) is 6.61 Å². The molecule has 1 fully saturated rings. The summed E-state index contributed by atoms with van der Waals surface area (Å²) in [6, 6.07) is 0.714. The monoisotopic (exact) mass is 229 g/mol. The van der Waals surface area contributed by atoms with Gasteiger partial charge < -0.3 is 9.47 Å². The van der Waals surface area contributed by atoms with Crippen molar-refractivity contribution < 1.29 is 14.3 Å². The number of esters is 1. The first-order chi connectivity index (χ1) is 7.77. The van der Waals surface area contributed by atoms with E-state index in [0.29, 0.717) is 19.3 Å². The Morgan fingerprint density at radius 3 is 2.94 bits per heavy atom. The van der Waals surface area contributed by atoms with Gasteiger partial charge in [-0.15, -0.1) is 0 Å². The van der Waals surface area contributed by atoms with Crippen molar-refractivity contribution in [3.63, 3.8) is 0 Å². The van der Waals surface area contributed by atoms with Crippen LogP contribution in [0.25, 0.3) is 0 Å².